The molecule has 5 heterocycles. The number of nitrogens with two attached hydrogens (primary N) is 1. The molecule has 1 aromatic carbocycles. The number of carbonyl (C=O) groups excluding carboxylic acids is 2. The molecule has 46 heavy (non-hydrogen) atoms. The van der Waals surface area contributed by atoms with Gasteiger partial charge in [-0.3, -0.25) is 19.1 Å². The van der Waals surface area contributed by atoms with Crippen LogP contribution in [0, 0.1) is 0 Å². The van der Waals surface area contributed by atoms with E-state index in [0.29, 0.717) is 5.75 Å². The van der Waals surface area contributed by atoms with E-state index < -0.39 is 29.4 Å². The van der Waals surface area contributed by atoms with Gasteiger partial charge in [0.1, 0.15) is 17.7 Å². The molecule has 2 aliphatic rings. The van der Waals surface area contributed by atoms with Gasteiger partial charge in [0, 0.05) is 70.1 Å². The van der Waals surface area contributed by atoms with E-state index in [1.807, 2.05) is 13.8 Å². The molecule has 15 heteroatoms. The fourth-order valence-electron chi connectivity index (χ4n) is 6.27. The second kappa shape index (κ2) is 12.1. The van der Waals surface area contributed by atoms with Gasteiger partial charge < -0.3 is 20.3 Å². The average molecular weight is 671 g/mol. The Morgan fingerprint density at radius 2 is 1.83 bits per heavy atom. The van der Waals surface area contributed by atoms with Crippen LogP contribution >= 0.6 is 23.1 Å². The van der Waals surface area contributed by atoms with Crippen molar-refractivity contribution in [3.8, 4) is 16.9 Å². The lowest BCUT2D eigenvalue weighted by molar-refractivity contribution is -0.137. The van der Waals surface area contributed by atoms with Crippen LogP contribution in [-0.2, 0) is 17.5 Å². The summed E-state index contributed by atoms with van der Waals surface area (Å²) in [7, 11) is 0. The van der Waals surface area contributed by atoms with E-state index in [9.17, 15) is 14.4 Å². The molecule has 0 aliphatic carbocycles. The molecule has 6 rings (SSSR count). The summed E-state index contributed by atoms with van der Waals surface area (Å²) in [6.45, 7) is 7.69. The van der Waals surface area contributed by atoms with Gasteiger partial charge in [0.2, 0.25) is 11.8 Å². The maximum atomic E-state index is 15.0. The zero-order chi connectivity index (χ0) is 32.9. The predicted octanol–water partition coefficient (Wildman–Crippen LogP) is 4.80. The number of aromatic nitrogens is 3. The normalized spacial score (nSPS) is 20.0. The van der Waals surface area contributed by atoms with Gasteiger partial charge >= 0.3 is 11.9 Å². The smallest absolute Gasteiger partial charge is 0.417 e. The van der Waals surface area contributed by atoms with Crippen molar-refractivity contribution >= 4 is 51.6 Å². The molecule has 2 amide bonds. The van der Waals surface area contributed by atoms with E-state index in [-0.39, 0.29) is 81.7 Å². The maximum absolute atomic E-state index is 15.0. The molecule has 0 saturated carbocycles. The quantitative estimate of drug-likeness (QED) is 0.290. The van der Waals surface area contributed by atoms with Gasteiger partial charge in [-0.25, -0.2) is 4.79 Å². The molecule has 0 radical (unpaired) electrons. The van der Waals surface area contributed by atoms with Crippen LogP contribution in [0.3, 0.4) is 0 Å². The lowest BCUT2D eigenvalue weighted by Crippen LogP contribution is -2.58. The highest BCUT2D eigenvalue weighted by molar-refractivity contribution is 7.99. The Labute approximate surface area is 269 Å². The summed E-state index contributed by atoms with van der Waals surface area (Å²) in [4.78, 5) is 50.8. The molecular weight excluding hydrogens is 642 g/mol. The summed E-state index contributed by atoms with van der Waals surface area (Å²) in [5, 5.41) is 3.01. The fraction of sp³-hybridized carbons (Fsp3) is 0.323. The first-order valence-corrected chi connectivity index (χ1v) is 16.3. The molecule has 10 nitrogen and oxygen atoms in total. The first kappa shape index (κ1) is 31.6. The van der Waals surface area contributed by atoms with E-state index in [1.165, 1.54) is 21.4 Å². The monoisotopic (exact) mass is 670 g/mol. The number of rotatable bonds is 6. The summed E-state index contributed by atoms with van der Waals surface area (Å²) in [5.41, 5.74) is 3.99. The number of hydrogen-bond acceptors (Lipinski definition) is 9. The van der Waals surface area contributed by atoms with Crippen LogP contribution in [0.2, 0.25) is 0 Å². The van der Waals surface area contributed by atoms with Crippen molar-refractivity contribution in [2.75, 3.05) is 23.7 Å². The van der Waals surface area contributed by atoms with Gasteiger partial charge in [0.05, 0.1) is 23.2 Å². The Kier molecular flexibility index (Phi) is 8.31. The number of nitrogens with zero attached hydrogens (tertiary/aromatic N) is 5. The summed E-state index contributed by atoms with van der Waals surface area (Å²) in [5.74, 6) is -0.359. The highest BCUT2D eigenvalue weighted by Crippen LogP contribution is 2.49. The van der Waals surface area contributed by atoms with Gasteiger partial charge in [-0.2, -0.15) is 29.5 Å². The SMILES string of the molecule is C=CC(=O)N1[C@H](C)CN(c2nc(=O)n3c4c(c(-c5cscc5C(N)=O)c(C(F)(F)F)cc24)SCC(Oc2ccncc2)C3)C[C@@H]1C. The minimum atomic E-state index is -4.84. The van der Waals surface area contributed by atoms with Crippen molar-refractivity contribution in [1.29, 1.82) is 0 Å². The molecule has 1 saturated heterocycles. The Hall–Kier alpha value is -4.37. The number of alkyl halides is 3. The number of primary amides is 1. The number of anilines is 1. The molecule has 1 unspecified atom stereocenters. The van der Waals surface area contributed by atoms with Crippen molar-refractivity contribution in [3.63, 3.8) is 0 Å². The zero-order valence-corrected chi connectivity index (χ0v) is 26.4. The van der Waals surface area contributed by atoms with Crippen LogP contribution < -0.4 is 21.1 Å². The van der Waals surface area contributed by atoms with Crippen LogP contribution in [0.5, 0.6) is 5.75 Å². The summed E-state index contributed by atoms with van der Waals surface area (Å²) >= 11 is 2.18. The summed E-state index contributed by atoms with van der Waals surface area (Å²) in [6.07, 6.45) is -1.14. The Morgan fingerprint density at radius 3 is 2.46 bits per heavy atom. The number of thiophene rings is 1. The molecule has 3 atom stereocenters. The van der Waals surface area contributed by atoms with Crippen LogP contribution in [-0.4, -0.2) is 68.3 Å². The molecular formula is C31H29F3N6O4S2. The van der Waals surface area contributed by atoms with E-state index in [2.05, 4.69) is 16.5 Å². The minimum absolute atomic E-state index is 0.0104. The zero-order valence-electron chi connectivity index (χ0n) is 24.8. The molecule has 3 aromatic heterocycles. The number of ether oxygens (including phenoxy) is 1. The number of amides is 2. The lowest BCUT2D eigenvalue weighted by atomic mass is 9.95. The second-order valence-corrected chi connectivity index (χ2v) is 13.0. The number of benzene rings is 1. The van der Waals surface area contributed by atoms with E-state index in [0.717, 1.165) is 29.2 Å². The number of piperazine rings is 1. The number of pyridine rings is 1. The van der Waals surface area contributed by atoms with Gasteiger partial charge in [-0.05, 0) is 43.5 Å². The highest BCUT2D eigenvalue weighted by atomic mass is 32.2. The third kappa shape index (κ3) is 5.61. The van der Waals surface area contributed by atoms with Gasteiger partial charge in [-0.1, -0.05) is 6.58 Å². The molecule has 2 aliphatic heterocycles. The molecule has 4 aromatic rings. The van der Waals surface area contributed by atoms with Crippen LogP contribution in [0.4, 0.5) is 19.0 Å². The Balaban J connectivity index is 1.61. The molecule has 240 valence electrons. The fourth-order valence-corrected chi connectivity index (χ4v) is 8.34. The van der Waals surface area contributed by atoms with E-state index in [1.54, 1.807) is 34.3 Å². The van der Waals surface area contributed by atoms with E-state index >= 15 is 13.2 Å². The number of carbonyl (C=O) groups is 2. The largest absolute Gasteiger partial charge is 0.488 e. The van der Waals surface area contributed by atoms with Crippen molar-refractivity contribution in [2.45, 2.75) is 49.7 Å². The third-order valence-corrected chi connectivity index (χ3v) is 10.1. The van der Waals surface area contributed by atoms with Gasteiger partial charge in [0.25, 0.3) is 0 Å². The standard InChI is InChI=1S/C31H29F3N6O4S2/c1-4-24(41)40-16(2)10-38(11-17(40)3)29-20-9-23(31(32,33)34)25(21-14-45-15-22(21)28(35)42)27-26(20)39(30(43)37-29)12-19(13-46-27)44-18-5-7-36-8-6-18/h4-9,14-17,19H,1,10-13H2,2-3H3,(H2,35,42)/t16-,17+,19?. The number of halogens is 3. The second-order valence-electron chi connectivity index (χ2n) is 11.2. The Bertz CT molecular complexity index is 1900. The van der Waals surface area contributed by atoms with Crippen LogP contribution in [0.25, 0.3) is 22.0 Å². The maximum Gasteiger partial charge on any atom is 0.417 e. The lowest BCUT2D eigenvalue weighted by Gasteiger charge is -2.44. The average Bonchev–Trinajstić information content (AvgIpc) is 3.42. The van der Waals surface area contributed by atoms with Crippen molar-refractivity contribution in [2.24, 2.45) is 5.73 Å². The van der Waals surface area contributed by atoms with Crippen LogP contribution in [0.1, 0.15) is 29.8 Å². The van der Waals surface area contributed by atoms with Crippen molar-refractivity contribution < 1.29 is 27.5 Å². The predicted molar refractivity (Wildman–Crippen MR) is 170 cm³/mol. The Morgan fingerprint density at radius 1 is 1.13 bits per heavy atom. The first-order chi connectivity index (χ1) is 21.9. The summed E-state index contributed by atoms with van der Waals surface area (Å²) < 4.78 is 52.7. The minimum Gasteiger partial charge on any atom is -0.488 e. The van der Waals surface area contributed by atoms with Crippen LogP contribution in [0.15, 0.2) is 63.7 Å². The topological polar surface area (TPSA) is 124 Å². The first-order valence-electron chi connectivity index (χ1n) is 14.3. The number of hydrogen-bond donors (Lipinski definition) is 1. The highest BCUT2D eigenvalue weighted by Gasteiger charge is 2.40. The van der Waals surface area contributed by atoms with Crippen molar-refractivity contribution in [1.82, 2.24) is 19.4 Å². The molecule has 2 N–H and O–H groups in total. The van der Waals surface area contributed by atoms with E-state index in [4.69, 9.17) is 10.5 Å². The molecule has 0 bridgehead atoms. The van der Waals surface area contributed by atoms with Gasteiger partial charge in [-0.15, -0.1) is 11.8 Å². The molecule has 0 spiro atoms. The number of thioether (sulfide) groups is 1. The molecule has 1 fully saturated rings. The third-order valence-electron chi connectivity index (χ3n) is 8.10. The summed E-state index contributed by atoms with van der Waals surface area (Å²) in [6, 6.07) is 3.62. The van der Waals surface area contributed by atoms with Gasteiger partial charge in [0.15, 0.2) is 0 Å². The van der Waals surface area contributed by atoms with Crippen molar-refractivity contribution in [3.05, 3.63) is 75.6 Å².